The smallest absolute Gasteiger partial charge is 0.309 e. The number of carboxylic acids is 1. The van der Waals surface area contributed by atoms with E-state index in [1.54, 1.807) is 12.1 Å². The Hall–Kier alpha value is -3.16. The van der Waals surface area contributed by atoms with Crippen molar-refractivity contribution in [3.63, 3.8) is 0 Å². The monoisotopic (exact) mass is 675 g/mol. The van der Waals surface area contributed by atoms with Gasteiger partial charge in [0.15, 0.2) is 11.5 Å². The fourth-order valence-electron chi connectivity index (χ4n) is 13.2. The molecule has 0 aliphatic heterocycles. The van der Waals surface area contributed by atoms with Crippen molar-refractivity contribution >= 4 is 23.8 Å². The van der Waals surface area contributed by atoms with Gasteiger partial charge >= 0.3 is 17.9 Å². The van der Waals surface area contributed by atoms with Crippen molar-refractivity contribution in [1.82, 2.24) is 5.32 Å². The summed E-state index contributed by atoms with van der Waals surface area (Å²) in [5.74, 6) is -0.425. The molecule has 49 heavy (non-hydrogen) atoms. The molecular formula is C41H57NO7. The molecular weight excluding hydrogens is 618 g/mol. The van der Waals surface area contributed by atoms with Crippen LogP contribution in [0, 0.1) is 56.7 Å². The predicted molar refractivity (Wildman–Crippen MR) is 187 cm³/mol. The molecule has 2 N–H and O–H groups in total. The van der Waals surface area contributed by atoms with Gasteiger partial charge in [-0.05, 0) is 135 Å². The summed E-state index contributed by atoms with van der Waals surface area (Å²) in [5, 5.41) is 14.0. The van der Waals surface area contributed by atoms with Gasteiger partial charge in [0.2, 0.25) is 0 Å². The fraction of sp³-hybridized carbons (Fsp3) is 0.707. The van der Waals surface area contributed by atoms with Crippen LogP contribution < -0.4 is 14.8 Å². The summed E-state index contributed by atoms with van der Waals surface area (Å²) >= 11 is 0. The number of allylic oxidation sites excluding steroid dienone is 1. The van der Waals surface area contributed by atoms with Crippen LogP contribution >= 0.6 is 0 Å². The number of carbonyl (C=O) groups is 4. The van der Waals surface area contributed by atoms with E-state index in [4.69, 9.17) is 9.47 Å². The number of fused-ring (bicyclic) bond motifs is 7. The summed E-state index contributed by atoms with van der Waals surface area (Å²) < 4.78 is 10.7. The quantitative estimate of drug-likeness (QED) is 0.177. The van der Waals surface area contributed by atoms with Crippen molar-refractivity contribution in [1.29, 1.82) is 0 Å². The van der Waals surface area contributed by atoms with Gasteiger partial charge in [-0.15, -0.1) is 0 Å². The standard InChI is InChI=1S/C41H57NO7/c1-23(2)26-15-20-41(36(46)47)22-21-39(8)28(33(26)41)13-14-31-38(7)18-17-32(37(5,6)30(38)16-19-40(31,39)9)42-35(45)27-11-10-12-29(48-24(3)43)34(27)49-25(4)44/h10-12,26,28,30-33H,1,13-22H2,2-9H3,(H,42,45)(H,46,47)/t26-,28+,30-,31+,32?,33+,38-,39+,40+,41-/m0/s1. The highest BCUT2D eigenvalue weighted by Gasteiger charge is 2.72. The molecule has 10 atom stereocenters. The van der Waals surface area contributed by atoms with E-state index in [1.165, 1.54) is 19.9 Å². The second kappa shape index (κ2) is 12.0. The summed E-state index contributed by atoms with van der Waals surface area (Å²) in [6, 6.07) is 4.63. The average molecular weight is 676 g/mol. The molecule has 0 spiro atoms. The number of carbonyl (C=O) groups excluding carboxylic acids is 3. The third-order valence-corrected chi connectivity index (χ3v) is 15.6. The maximum atomic E-state index is 13.9. The Morgan fingerprint density at radius 1 is 0.796 bits per heavy atom. The van der Waals surface area contributed by atoms with Gasteiger partial charge in [-0.2, -0.15) is 0 Å². The van der Waals surface area contributed by atoms with Crippen molar-refractivity contribution in [3.05, 3.63) is 35.9 Å². The van der Waals surface area contributed by atoms with Gasteiger partial charge in [-0.1, -0.05) is 52.8 Å². The number of aliphatic carboxylic acids is 1. The van der Waals surface area contributed by atoms with Crippen LogP contribution in [0.4, 0.5) is 0 Å². The van der Waals surface area contributed by atoms with E-state index in [1.807, 2.05) is 0 Å². The third kappa shape index (κ3) is 5.20. The van der Waals surface area contributed by atoms with Crippen molar-refractivity contribution in [2.75, 3.05) is 0 Å². The SMILES string of the molecule is C=C(C)[C@@H]1CC[C@]2(C(=O)O)CC[C@]3(C)[C@H](CC[C@@H]4[C@@]5(C)CCC(NC(=O)c6cccc(OC(C)=O)c6OC(C)=O)C(C)(C)[C@@H]5CC[C@]43C)[C@@H]12. The summed E-state index contributed by atoms with van der Waals surface area (Å²) in [6.07, 6.45) is 9.61. The van der Waals surface area contributed by atoms with Crippen LogP contribution in [-0.4, -0.2) is 35.0 Å². The number of ether oxygens (including phenoxy) is 2. The minimum absolute atomic E-state index is 0.0389. The van der Waals surface area contributed by atoms with Crippen LogP contribution in [0.25, 0.3) is 0 Å². The highest BCUT2D eigenvalue weighted by atomic mass is 16.6. The molecule has 5 fully saturated rings. The van der Waals surface area contributed by atoms with Crippen molar-refractivity contribution in [2.45, 2.75) is 126 Å². The van der Waals surface area contributed by atoms with E-state index in [0.29, 0.717) is 17.8 Å². The number of hydrogen-bond donors (Lipinski definition) is 2. The largest absolute Gasteiger partial charge is 0.481 e. The number of nitrogens with one attached hydrogen (secondary N) is 1. The van der Waals surface area contributed by atoms with E-state index in [2.05, 4.69) is 53.4 Å². The Labute approximate surface area is 292 Å². The predicted octanol–water partition coefficient (Wildman–Crippen LogP) is 8.38. The molecule has 1 aromatic rings. The van der Waals surface area contributed by atoms with Gasteiger partial charge in [0.1, 0.15) is 0 Å². The molecule has 8 nitrogen and oxygen atoms in total. The first-order chi connectivity index (χ1) is 22.8. The molecule has 0 radical (unpaired) electrons. The van der Waals surface area contributed by atoms with E-state index in [-0.39, 0.29) is 62.5 Å². The first-order valence-electron chi connectivity index (χ1n) is 18.5. The summed E-state index contributed by atoms with van der Waals surface area (Å²) in [7, 11) is 0. The molecule has 6 rings (SSSR count). The number of benzene rings is 1. The lowest BCUT2D eigenvalue weighted by molar-refractivity contribution is -0.240. The number of carboxylic acid groups (broad SMARTS) is 1. The minimum Gasteiger partial charge on any atom is -0.481 e. The van der Waals surface area contributed by atoms with Crippen LogP contribution in [0.2, 0.25) is 0 Å². The van der Waals surface area contributed by atoms with Crippen LogP contribution in [0.1, 0.15) is 130 Å². The Kier molecular flexibility index (Phi) is 8.71. The third-order valence-electron chi connectivity index (χ3n) is 15.6. The van der Waals surface area contributed by atoms with E-state index >= 15 is 0 Å². The lowest BCUT2D eigenvalue weighted by Crippen LogP contribution is -2.68. The number of hydrogen-bond acceptors (Lipinski definition) is 6. The zero-order valence-corrected chi connectivity index (χ0v) is 30.9. The number of rotatable bonds is 6. The van der Waals surface area contributed by atoms with Crippen LogP contribution in [-0.2, 0) is 14.4 Å². The van der Waals surface area contributed by atoms with Gasteiger partial charge in [0.05, 0.1) is 11.0 Å². The van der Waals surface area contributed by atoms with Crippen molar-refractivity contribution in [3.8, 4) is 11.5 Å². The first kappa shape index (κ1) is 35.7. The molecule has 1 unspecified atom stereocenters. The topological polar surface area (TPSA) is 119 Å². The second-order valence-corrected chi connectivity index (χ2v) is 17.9. The Bertz CT molecular complexity index is 1580. The molecule has 0 aromatic heterocycles. The molecule has 0 bridgehead atoms. The summed E-state index contributed by atoms with van der Waals surface area (Å²) in [6.45, 7) is 21.2. The highest BCUT2D eigenvalue weighted by molar-refractivity contribution is 5.99. The number of para-hydroxylation sites is 1. The zero-order valence-electron chi connectivity index (χ0n) is 30.9. The Morgan fingerprint density at radius 3 is 2.12 bits per heavy atom. The van der Waals surface area contributed by atoms with Crippen LogP contribution in [0.15, 0.2) is 30.4 Å². The van der Waals surface area contributed by atoms with E-state index in [9.17, 15) is 24.3 Å². The normalized spacial score (nSPS) is 40.4. The molecule has 5 saturated carbocycles. The van der Waals surface area contributed by atoms with Gasteiger partial charge in [-0.25, -0.2) is 0 Å². The molecule has 1 aromatic carbocycles. The molecule has 0 saturated heterocycles. The molecule has 1 amide bonds. The number of esters is 2. The van der Waals surface area contributed by atoms with Crippen molar-refractivity contribution < 1.29 is 33.8 Å². The molecule has 8 heteroatoms. The number of amides is 1. The highest BCUT2D eigenvalue weighted by Crippen LogP contribution is 2.77. The van der Waals surface area contributed by atoms with E-state index < -0.39 is 23.3 Å². The maximum Gasteiger partial charge on any atom is 0.309 e. The zero-order chi connectivity index (χ0) is 35.9. The molecule has 0 heterocycles. The van der Waals surface area contributed by atoms with Crippen LogP contribution in [0.5, 0.6) is 11.5 Å². The van der Waals surface area contributed by atoms with Gasteiger partial charge in [-0.3, -0.25) is 19.2 Å². The minimum atomic E-state index is -0.622. The Morgan fingerprint density at radius 2 is 1.49 bits per heavy atom. The van der Waals surface area contributed by atoms with E-state index in [0.717, 1.165) is 69.8 Å². The van der Waals surface area contributed by atoms with Gasteiger partial charge < -0.3 is 19.9 Å². The van der Waals surface area contributed by atoms with Gasteiger partial charge in [0, 0.05) is 19.9 Å². The lowest BCUT2D eigenvalue weighted by Gasteiger charge is -2.73. The molecule has 268 valence electrons. The summed E-state index contributed by atoms with van der Waals surface area (Å²) in [4.78, 5) is 50.7. The molecule has 5 aliphatic rings. The van der Waals surface area contributed by atoms with Gasteiger partial charge in [0.25, 0.3) is 5.91 Å². The maximum absolute atomic E-state index is 13.9. The van der Waals surface area contributed by atoms with Crippen LogP contribution in [0.3, 0.4) is 0 Å². The molecule has 5 aliphatic carbocycles. The lowest BCUT2D eigenvalue weighted by atomic mass is 9.32. The average Bonchev–Trinajstić information content (AvgIpc) is 3.41. The Balaban J connectivity index is 1.27. The van der Waals surface area contributed by atoms with Crippen molar-refractivity contribution in [2.24, 2.45) is 56.7 Å². The first-order valence-corrected chi connectivity index (χ1v) is 18.5. The fourth-order valence-corrected chi connectivity index (χ4v) is 13.2. The summed E-state index contributed by atoms with van der Waals surface area (Å²) in [5.41, 5.74) is 0.712. The second-order valence-electron chi connectivity index (χ2n) is 17.9.